The van der Waals surface area contributed by atoms with Crippen LogP contribution in [0.1, 0.15) is 15.9 Å². The largest absolute Gasteiger partial charge is 0.508 e. The predicted molar refractivity (Wildman–Crippen MR) is 119 cm³/mol. The van der Waals surface area contributed by atoms with Crippen LogP contribution in [0, 0.1) is 5.82 Å². The second kappa shape index (κ2) is 9.20. The van der Waals surface area contributed by atoms with Crippen molar-refractivity contribution in [3.05, 3.63) is 114 Å². The molecule has 0 bridgehead atoms. The number of carbonyl (C=O) groups excluding carboxylic acids is 1. The zero-order valence-corrected chi connectivity index (χ0v) is 17.4. The molecule has 0 radical (unpaired) electrons. The Morgan fingerprint density at radius 1 is 0.667 bits per heavy atom. The van der Waals surface area contributed by atoms with E-state index >= 15 is 0 Å². The molecule has 0 atom stereocenters. The molecular weight excluding hydrogens is 415 g/mol. The fourth-order valence-electron chi connectivity index (χ4n) is 2.83. The van der Waals surface area contributed by atoms with E-state index in [9.17, 15) is 14.3 Å². The lowest BCUT2D eigenvalue weighted by molar-refractivity contribution is 0.103. The fourth-order valence-corrected chi connectivity index (χ4v) is 4.47. The Hall–Kier alpha value is -3.02. The molecule has 30 heavy (non-hydrogen) atoms. The summed E-state index contributed by atoms with van der Waals surface area (Å²) in [5, 5.41) is 9.37. The van der Waals surface area contributed by atoms with Gasteiger partial charge in [-0.3, -0.25) is 4.79 Å². The Labute approximate surface area is 182 Å². The number of phenolic OH excluding ortho intramolecular Hbond substituents is 1. The number of hydrogen-bond donors (Lipinski definition) is 1. The number of halogens is 1. The summed E-state index contributed by atoms with van der Waals surface area (Å²) in [5.74, 6) is -0.365. The molecule has 0 unspecified atom stereocenters. The van der Waals surface area contributed by atoms with Crippen LogP contribution in [0.4, 0.5) is 4.39 Å². The summed E-state index contributed by atoms with van der Waals surface area (Å²) >= 11 is 2.90. The van der Waals surface area contributed by atoms with Gasteiger partial charge in [-0.2, -0.15) is 0 Å². The summed E-state index contributed by atoms with van der Waals surface area (Å²) in [4.78, 5) is 15.9. The van der Waals surface area contributed by atoms with Gasteiger partial charge in [0.15, 0.2) is 5.78 Å². The Kier molecular flexibility index (Phi) is 6.21. The minimum Gasteiger partial charge on any atom is -0.508 e. The zero-order chi connectivity index (χ0) is 20.9. The van der Waals surface area contributed by atoms with E-state index in [1.807, 2.05) is 42.5 Å². The molecular formula is C25H17FO2S2. The molecule has 1 N–H and O–H groups in total. The number of aromatic hydroxyl groups is 1. The van der Waals surface area contributed by atoms with Crippen LogP contribution in [-0.4, -0.2) is 10.9 Å². The van der Waals surface area contributed by atoms with Gasteiger partial charge in [-0.1, -0.05) is 53.9 Å². The molecule has 148 valence electrons. The lowest BCUT2D eigenvalue weighted by Gasteiger charge is -2.07. The summed E-state index contributed by atoms with van der Waals surface area (Å²) in [6.45, 7) is 0. The van der Waals surface area contributed by atoms with Gasteiger partial charge < -0.3 is 5.11 Å². The van der Waals surface area contributed by atoms with Crippen LogP contribution >= 0.6 is 23.5 Å². The maximum Gasteiger partial charge on any atom is 0.193 e. The molecule has 4 aromatic rings. The molecule has 0 aliphatic carbocycles. The van der Waals surface area contributed by atoms with Crippen molar-refractivity contribution in [2.24, 2.45) is 0 Å². The predicted octanol–water partition coefficient (Wildman–Crippen LogP) is 7.06. The molecule has 0 amide bonds. The van der Waals surface area contributed by atoms with Crippen molar-refractivity contribution in [1.82, 2.24) is 0 Å². The van der Waals surface area contributed by atoms with Crippen molar-refractivity contribution in [2.75, 3.05) is 0 Å². The Morgan fingerprint density at radius 3 is 1.83 bits per heavy atom. The highest BCUT2D eigenvalue weighted by Gasteiger charge is 2.12. The van der Waals surface area contributed by atoms with Gasteiger partial charge in [0, 0.05) is 30.7 Å². The summed E-state index contributed by atoms with van der Waals surface area (Å²) in [5.41, 5.74) is 0.878. The molecule has 0 fully saturated rings. The van der Waals surface area contributed by atoms with Crippen molar-refractivity contribution in [2.45, 2.75) is 19.6 Å². The van der Waals surface area contributed by atoms with Gasteiger partial charge in [-0.25, -0.2) is 4.39 Å². The molecule has 0 aromatic heterocycles. The molecule has 2 nitrogen and oxygen atoms in total. The van der Waals surface area contributed by atoms with Crippen LogP contribution < -0.4 is 0 Å². The number of hydrogen-bond acceptors (Lipinski definition) is 4. The Bertz CT molecular complexity index is 1160. The summed E-state index contributed by atoms with van der Waals surface area (Å²) in [6.07, 6.45) is 0. The molecule has 0 aliphatic rings. The molecule has 0 aliphatic heterocycles. The lowest BCUT2D eigenvalue weighted by Crippen LogP contribution is -2.01. The first-order chi connectivity index (χ1) is 14.6. The van der Waals surface area contributed by atoms with Crippen molar-refractivity contribution in [3.63, 3.8) is 0 Å². The number of benzene rings is 4. The van der Waals surface area contributed by atoms with E-state index in [-0.39, 0.29) is 11.5 Å². The first-order valence-electron chi connectivity index (χ1n) is 9.22. The van der Waals surface area contributed by atoms with E-state index in [1.54, 1.807) is 60.3 Å². The maximum atomic E-state index is 14.6. The minimum atomic E-state index is -0.413. The summed E-state index contributed by atoms with van der Waals surface area (Å²) < 4.78 is 14.6. The van der Waals surface area contributed by atoms with Gasteiger partial charge in [0.1, 0.15) is 11.6 Å². The number of carbonyl (C=O) groups is 1. The third-order valence-electron chi connectivity index (χ3n) is 4.35. The fraction of sp³-hybridized carbons (Fsp3) is 0. The molecule has 4 rings (SSSR count). The maximum absolute atomic E-state index is 14.6. The molecule has 0 spiro atoms. The average molecular weight is 433 g/mol. The van der Waals surface area contributed by atoms with E-state index in [2.05, 4.69) is 0 Å². The quantitative estimate of drug-likeness (QED) is 0.331. The van der Waals surface area contributed by atoms with Crippen molar-refractivity contribution >= 4 is 29.3 Å². The number of rotatable bonds is 6. The van der Waals surface area contributed by atoms with Gasteiger partial charge >= 0.3 is 0 Å². The highest BCUT2D eigenvalue weighted by atomic mass is 32.2. The summed E-state index contributed by atoms with van der Waals surface area (Å²) in [7, 11) is 0. The number of phenols is 1. The van der Waals surface area contributed by atoms with Crippen molar-refractivity contribution in [3.8, 4) is 5.75 Å². The van der Waals surface area contributed by atoms with Crippen LogP contribution in [-0.2, 0) is 0 Å². The standard InChI is InChI=1S/C25H17FO2S2/c26-23-16-18(25(28)17-4-2-1-3-5-17)6-15-24(23)30-22-13-11-21(12-14-22)29-20-9-7-19(27)8-10-20/h1-16,27H. The Balaban J connectivity index is 1.45. The van der Waals surface area contributed by atoms with Gasteiger partial charge in [-0.05, 0) is 66.7 Å². The highest BCUT2D eigenvalue weighted by molar-refractivity contribution is 7.99. The molecule has 4 aromatic carbocycles. The molecule has 0 saturated carbocycles. The minimum absolute atomic E-state index is 0.193. The van der Waals surface area contributed by atoms with Crippen LogP contribution in [0.25, 0.3) is 0 Å². The SMILES string of the molecule is O=C(c1ccccc1)c1ccc(Sc2ccc(Sc3ccc(O)cc3)cc2)c(F)c1. The second-order valence-electron chi connectivity index (χ2n) is 6.51. The normalized spacial score (nSPS) is 10.7. The van der Waals surface area contributed by atoms with E-state index in [0.717, 1.165) is 14.7 Å². The topological polar surface area (TPSA) is 37.3 Å². The lowest BCUT2D eigenvalue weighted by atomic mass is 10.0. The van der Waals surface area contributed by atoms with E-state index in [0.29, 0.717) is 16.0 Å². The zero-order valence-electron chi connectivity index (χ0n) is 15.8. The van der Waals surface area contributed by atoms with E-state index < -0.39 is 5.82 Å². The van der Waals surface area contributed by atoms with E-state index in [4.69, 9.17) is 0 Å². The van der Waals surface area contributed by atoms with Gasteiger partial charge in [-0.15, -0.1) is 0 Å². The first kappa shape index (κ1) is 20.3. The van der Waals surface area contributed by atoms with Crippen molar-refractivity contribution in [1.29, 1.82) is 0 Å². The smallest absolute Gasteiger partial charge is 0.193 e. The van der Waals surface area contributed by atoms with Gasteiger partial charge in [0.25, 0.3) is 0 Å². The molecule has 0 saturated heterocycles. The second-order valence-corrected chi connectivity index (χ2v) is 8.77. The van der Waals surface area contributed by atoms with Gasteiger partial charge in [0.2, 0.25) is 0 Å². The van der Waals surface area contributed by atoms with Crippen LogP contribution in [0.2, 0.25) is 0 Å². The summed E-state index contributed by atoms with van der Waals surface area (Å²) in [6, 6.07) is 28.3. The van der Waals surface area contributed by atoms with Crippen molar-refractivity contribution < 1.29 is 14.3 Å². The van der Waals surface area contributed by atoms with Crippen LogP contribution in [0.5, 0.6) is 5.75 Å². The first-order valence-corrected chi connectivity index (χ1v) is 10.9. The monoisotopic (exact) mass is 432 g/mol. The van der Waals surface area contributed by atoms with Crippen LogP contribution in [0.15, 0.2) is 117 Å². The van der Waals surface area contributed by atoms with E-state index in [1.165, 1.54) is 17.8 Å². The third kappa shape index (κ3) is 4.93. The van der Waals surface area contributed by atoms with Gasteiger partial charge in [0.05, 0.1) is 0 Å². The van der Waals surface area contributed by atoms with Crippen LogP contribution in [0.3, 0.4) is 0 Å². The molecule has 5 heteroatoms. The Morgan fingerprint density at radius 2 is 1.23 bits per heavy atom. The molecule has 0 heterocycles. The number of ketones is 1. The average Bonchev–Trinajstić information content (AvgIpc) is 2.78. The highest BCUT2D eigenvalue weighted by Crippen LogP contribution is 2.34. The third-order valence-corrected chi connectivity index (χ3v) is 6.43.